The average Bonchev–Trinajstić information content (AvgIpc) is 2.97. The second kappa shape index (κ2) is 12.4. The molecule has 3 N–H and O–H groups in total. The summed E-state index contributed by atoms with van der Waals surface area (Å²) < 4.78 is 0. The topological polar surface area (TPSA) is 77.8 Å². The number of halogens is 1. The zero-order chi connectivity index (χ0) is 21.2. The highest BCUT2D eigenvalue weighted by Gasteiger charge is 2.41. The molecule has 0 spiro atoms. The molecule has 0 amide bonds. The van der Waals surface area contributed by atoms with Gasteiger partial charge in [-0.1, -0.05) is 62.6 Å². The van der Waals surface area contributed by atoms with E-state index in [2.05, 4.69) is 13.0 Å². The summed E-state index contributed by atoms with van der Waals surface area (Å²) in [5.74, 6) is -0.646. The molecule has 1 aromatic rings. The fourth-order valence-electron chi connectivity index (χ4n) is 4.26. The van der Waals surface area contributed by atoms with Crippen LogP contribution in [0.15, 0.2) is 36.4 Å². The predicted molar refractivity (Wildman–Crippen MR) is 117 cm³/mol. The van der Waals surface area contributed by atoms with Crippen LogP contribution in [-0.4, -0.2) is 32.8 Å². The number of aliphatic hydroxyl groups is 2. The predicted octanol–water partition coefficient (Wildman–Crippen LogP) is 5.57. The highest BCUT2D eigenvalue weighted by molar-refractivity contribution is 6.21. The highest BCUT2D eigenvalue weighted by Crippen LogP contribution is 2.45. The first-order valence-electron chi connectivity index (χ1n) is 10.9. The Kier molecular flexibility index (Phi) is 10.2. The number of hydrogen-bond donors (Lipinski definition) is 3. The Hall–Kier alpha value is -1.36. The third-order valence-corrected chi connectivity index (χ3v) is 6.43. The molecule has 0 aromatic heterocycles. The second-order valence-electron chi connectivity index (χ2n) is 8.18. The van der Waals surface area contributed by atoms with Crippen molar-refractivity contribution in [2.24, 2.45) is 5.92 Å². The molecule has 4 nitrogen and oxygen atoms in total. The molecule has 1 aliphatic rings. The summed E-state index contributed by atoms with van der Waals surface area (Å²) in [4.78, 5) is 10.6. The monoisotopic (exact) mass is 422 g/mol. The summed E-state index contributed by atoms with van der Waals surface area (Å²) in [5, 5.41) is 29.5. The van der Waals surface area contributed by atoms with Gasteiger partial charge in [0.25, 0.3) is 0 Å². The Balaban J connectivity index is 1.96. The molecular formula is C24H35ClO4. The average molecular weight is 423 g/mol. The maximum absolute atomic E-state index is 10.6. The molecule has 162 valence electrons. The van der Waals surface area contributed by atoms with Crippen molar-refractivity contribution in [2.45, 2.75) is 88.2 Å². The first kappa shape index (κ1) is 23.9. The van der Waals surface area contributed by atoms with Crippen molar-refractivity contribution < 1.29 is 20.1 Å². The first-order chi connectivity index (χ1) is 13.9. The van der Waals surface area contributed by atoms with Gasteiger partial charge in [0.15, 0.2) is 0 Å². The van der Waals surface area contributed by atoms with Crippen LogP contribution in [0.4, 0.5) is 0 Å². The fourth-order valence-corrected chi connectivity index (χ4v) is 4.71. The number of rotatable bonds is 12. The lowest BCUT2D eigenvalue weighted by Crippen LogP contribution is -2.18. The summed E-state index contributed by atoms with van der Waals surface area (Å²) in [7, 11) is 0. The van der Waals surface area contributed by atoms with E-state index in [1.807, 2.05) is 30.3 Å². The second-order valence-corrected chi connectivity index (χ2v) is 8.74. The van der Waals surface area contributed by atoms with E-state index in [-0.39, 0.29) is 23.6 Å². The van der Waals surface area contributed by atoms with Crippen LogP contribution in [0, 0.1) is 5.92 Å². The van der Waals surface area contributed by atoms with E-state index in [9.17, 15) is 15.0 Å². The van der Waals surface area contributed by atoms with Crippen molar-refractivity contribution in [2.75, 3.05) is 0 Å². The molecule has 1 aliphatic carbocycles. The zero-order valence-corrected chi connectivity index (χ0v) is 18.1. The van der Waals surface area contributed by atoms with Gasteiger partial charge in [-0.05, 0) is 49.1 Å². The highest BCUT2D eigenvalue weighted by atomic mass is 35.5. The van der Waals surface area contributed by atoms with Gasteiger partial charge >= 0.3 is 5.97 Å². The van der Waals surface area contributed by atoms with Crippen LogP contribution in [0.5, 0.6) is 0 Å². The lowest BCUT2D eigenvalue weighted by atomic mass is 9.84. The Bertz CT molecular complexity index is 643. The zero-order valence-electron chi connectivity index (χ0n) is 17.3. The molecule has 29 heavy (non-hydrogen) atoms. The van der Waals surface area contributed by atoms with Gasteiger partial charge < -0.3 is 15.3 Å². The van der Waals surface area contributed by atoms with Crippen molar-refractivity contribution in [3.05, 3.63) is 47.5 Å². The molecular weight excluding hydrogens is 388 g/mol. The van der Waals surface area contributed by atoms with Crippen LogP contribution in [0.2, 0.25) is 0 Å². The van der Waals surface area contributed by atoms with E-state index in [0.29, 0.717) is 12.8 Å². The number of allylic oxidation sites excluding steroid dienone is 2. The molecule has 0 radical (unpaired) electrons. The first-order valence-corrected chi connectivity index (χ1v) is 11.3. The van der Waals surface area contributed by atoms with Crippen molar-refractivity contribution in [1.82, 2.24) is 0 Å². The van der Waals surface area contributed by atoms with Gasteiger partial charge in [0.2, 0.25) is 0 Å². The van der Waals surface area contributed by atoms with E-state index in [1.54, 1.807) is 0 Å². The normalized spacial score (nSPS) is 25.5. The minimum Gasteiger partial charge on any atom is -0.481 e. The number of benzene rings is 1. The number of aliphatic carboxylic acids is 1. The molecule has 0 saturated heterocycles. The van der Waals surface area contributed by atoms with Gasteiger partial charge in [-0.15, -0.1) is 11.6 Å². The van der Waals surface area contributed by atoms with Crippen molar-refractivity contribution >= 4 is 17.6 Å². The smallest absolute Gasteiger partial charge is 0.303 e. The van der Waals surface area contributed by atoms with Gasteiger partial charge in [0, 0.05) is 17.7 Å². The molecule has 1 saturated carbocycles. The van der Waals surface area contributed by atoms with Crippen LogP contribution in [0.25, 0.3) is 0 Å². The number of alkyl halides is 1. The Morgan fingerprint density at radius 2 is 1.93 bits per heavy atom. The molecule has 1 aromatic carbocycles. The molecule has 5 atom stereocenters. The van der Waals surface area contributed by atoms with E-state index in [1.165, 1.54) is 0 Å². The van der Waals surface area contributed by atoms with Gasteiger partial charge in [0.05, 0.1) is 12.2 Å². The van der Waals surface area contributed by atoms with E-state index < -0.39 is 18.2 Å². The van der Waals surface area contributed by atoms with Crippen LogP contribution in [0.3, 0.4) is 0 Å². The largest absolute Gasteiger partial charge is 0.481 e. The van der Waals surface area contributed by atoms with Crippen molar-refractivity contribution in [3.8, 4) is 0 Å². The summed E-state index contributed by atoms with van der Waals surface area (Å²) in [6, 6.07) is 7.98. The minimum absolute atomic E-state index is 0.0209. The standard InChI is InChI=1S/C24H35ClO4/c1-2-3-6-10-21(26)17-12-14-18(15-13-17)24-19(20(25)16-22(24)27)9-7-4-5-8-11-23(28)29/h4,7,12-15,19-22,24,26-27H,2-3,5-6,8-11,16H2,1H3,(H,28,29)/b7-4+/t19?,20-,21?,22-,24?/m1/s1. The molecule has 3 unspecified atom stereocenters. The number of carboxylic acids is 1. The molecule has 0 heterocycles. The number of hydrogen-bond acceptors (Lipinski definition) is 3. The third kappa shape index (κ3) is 7.44. The van der Waals surface area contributed by atoms with E-state index in [4.69, 9.17) is 16.7 Å². The molecule has 1 fully saturated rings. The van der Waals surface area contributed by atoms with Crippen molar-refractivity contribution in [1.29, 1.82) is 0 Å². The summed E-state index contributed by atoms with van der Waals surface area (Å²) >= 11 is 6.54. The van der Waals surface area contributed by atoms with Crippen molar-refractivity contribution in [3.63, 3.8) is 0 Å². The number of unbranched alkanes of at least 4 members (excludes halogenated alkanes) is 3. The van der Waals surface area contributed by atoms with Gasteiger partial charge in [-0.3, -0.25) is 4.79 Å². The fraction of sp³-hybridized carbons (Fsp3) is 0.625. The Morgan fingerprint density at radius 1 is 1.21 bits per heavy atom. The van der Waals surface area contributed by atoms with Crippen LogP contribution in [-0.2, 0) is 4.79 Å². The molecule has 0 aliphatic heterocycles. The van der Waals surface area contributed by atoms with Crippen LogP contribution in [0.1, 0.15) is 87.9 Å². The van der Waals surface area contributed by atoms with E-state index in [0.717, 1.165) is 49.7 Å². The SMILES string of the molecule is CCCCCC(O)c1ccc(C2C(C/C=C/CCCC(=O)O)[C@H](Cl)C[C@H]2O)cc1. The van der Waals surface area contributed by atoms with Crippen LogP contribution < -0.4 is 0 Å². The summed E-state index contributed by atoms with van der Waals surface area (Å²) in [5.41, 5.74) is 1.99. The molecule has 2 rings (SSSR count). The third-order valence-electron chi connectivity index (χ3n) is 5.93. The maximum atomic E-state index is 10.6. The lowest BCUT2D eigenvalue weighted by molar-refractivity contribution is -0.137. The van der Waals surface area contributed by atoms with Crippen LogP contribution >= 0.6 is 11.6 Å². The lowest BCUT2D eigenvalue weighted by Gasteiger charge is -2.23. The van der Waals surface area contributed by atoms with Gasteiger partial charge in [-0.25, -0.2) is 0 Å². The summed E-state index contributed by atoms with van der Waals surface area (Å²) in [6.07, 6.45) is 10.2. The number of aliphatic hydroxyl groups excluding tert-OH is 2. The minimum atomic E-state index is -0.767. The van der Waals surface area contributed by atoms with Gasteiger partial charge in [-0.2, -0.15) is 0 Å². The maximum Gasteiger partial charge on any atom is 0.303 e. The Labute approximate surface area is 179 Å². The molecule has 5 heteroatoms. The molecule has 0 bridgehead atoms. The Morgan fingerprint density at radius 3 is 2.59 bits per heavy atom. The van der Waals surface area contributed by atoms with E-state index >= 15 is 0 Å². The van der Waals surface area contributed by atoms with Gasteiger partial charge in [0.1, 0.15) is 0 Å². The number of carboxylic acid groups (broad SMARTS) is 1. The number of carbonyl (C=O) groups is 1. The summed E-state index contributed by atoms with van der Waals surface area (Å²) in [6.45, 7) is 2.15. The quantitative estimate of drug-likeness (QED) is 0.233.